The molecule has 2 N–H and O–H groups in total. The number of nitrogens with zero attached hydrogens (tertiary/aromatic N) is 3. The van der Waals surface area contributed by atoms with E-state index >= 15 is 0 Å². The molecule has 0 fully saturated rings. The second kappa shape index (κ2) is 7.84. The van der Waals surface area contributed by atoms with Crippen molar-refractivity contribution in [2.45, 2.75) is 0 Å². The molecule has 1 amide bonds. The van der Waals surface area contributed by atoms with E-state index in [1.165, 1.54) is 6.33 Å². The lowest BCUT2D eigenvalue weighted by molar-refractivity contribution is 0.102. The molecule has 0 saturated carbocycles. The van der Waals surface area contributed by atoms with E-state index in [-0.39, 0.29) is 11.6 Å². The number of benzene rings is 2. The van der Waals surface area contributed by atoms with Crippen LogP contribution in [0.4, 0.5) is 22.9 Å². The summed E-state index contributed by atoms with van der Waals surface area (Å²) in [5, 5.41) is 6.37. The number of halogens is 1. The summed E-state index contributed by atoms with van der Waals surface area (Å²) >= 11 is 6.07. The summed E-state index contributed by atoms with van der Waals surface area (Å²) < 4.78 is 0. The monoisotopic (exact) mass is 367 g/mol. The van der Waals surface area contributed by atoms with Crippen molar-refractivity contribution >= 4 is 40.4 Å². The third kappa shape index (κ3) is 4.29. The van der Waals surface area contributed by atoms with Crippen molar-refractivity contribution in [2.75, 3.05) is 29.6 Å². The molecule has 0 aliphatic carbocycles. The van der Waals surface area contributed by atoms with Crippen molar-refractivity contribution in [1.82, 2.24) is 9.97 Å². The van der Waals surface area contributed by atoms with Crippen LogP contribution in [0.1, 0.15) is 10.5 Å². The molecule has 7 heteroatoms. The highest BCUT2D eigenvalue weighted by Crippen LogP contribution is 2.22. The molecule has 0 spiro atoms. The topological polar surface area (TPSA) is 70.2 Å². The molecule has 2 aromatic carbocycles. The van der Waals surface area contributed by atoms with Gasteiger partial charge in [-0.25, -0.2) is 9.97 Å². The Morgan fingerprint density at radius 3 is 2.46 bits per heavy atom. The Bertz CT molecular complexity index is 912. The van der Waals surface area contributed by atoms with Gasteiger partial charge in [-0.15, -0.1) is 0 Å². The number of hydrogen-bond acceptors (Lipinski definition) is 5. The average Bonchev–Trinajstić information content (AvgIpc) is 2.64. The van der Waals surface area contributed by atoms with Gasteiger partial charge < -0.3 is 15.5 Å². The van der Waals surface area contributed by atoms with Crippen LogP contribution >= 0.6 is 11.6 Å². The van der Waals surface area contributed by atoms with Gasteiger partial charge in [0.15, 0.2) is 0 Å². The number of nitrogens with one attached hydrogen (secondary N) is 2. The van der Waals surface area contributed by atoms with Crippen LogP contribution in [0.15, 0.2) is 60.9 Å². The lowest BCUT2D eigenvalue weighted by Gasteiger charge is -2.13. The number of para-hydroxylation sites is 1. The summed E-state index contributed by atoms with van der Waals surface area (Å²) in [6.07, 6.45) is 1.35. The maximum Gasteiger partial charge on any atom is 0.274 e. The fraction of sp³-hybridized carbons (Fsp3) is 0.105. The Labute approximate surface area is 156 Å². The molecule has 3 rings (SSSR count). The summed E-state index contributed by atoms with van der Waals surface area (Å²) in [4.78, 5) is 22.6. The molecule has 26 heavy (non-hydrogen) atoms. The summed E-state index contributed by atoms with van der Waals surface area (Å²) in [6.45, 7) is 0. The SMILES string of the molecule is CN(C)c1ccc(Nc2cc(C(=O)Nc3ccccc3Cl)ncn2)cc1. The van der Waals surface area contributed by atoms with E-state index in [0.717, 1.165) is 11.4 Å². The van der Waals surface area contributed by atoms with E-state index in [1.54, 1.807) is 30.3 Å². The third-order valence-corrected chi connectivity index (χ3v) is 4.01. The van der Waals surface area contributed by atoms with E-state index in [2.05, 4.69) is 20.6 Å². The minimum atomic E-state index is -0.355. The molecular weight excluding hydrogens is 350 g/mol. The summed E-state index contributed by atoms with van der Waals surface area (Å²) in [5.41, 5.74) is 2.74. The van der Waals surface area contributed by atoms with E-state index in [0.29, 0.717) is 16.5 Å². The number of carbonyl (C=O) groups excluding carboxylic acids is 1. The zero-order chi connectivity index (χ0) is 18.5. The summed E-state index contributed by atoms with van der Waals surface area (Å²) in [7, 11) is 3.97. The van der Waals surface area contributed by atoms with Crippen LogP contribution in [0.25, 0.3) is 0 Å². The third-order valence-electron chi connectivity index (χ3n) is 3.68. The first-order valence-corrected chi connectivity index (χ1v) is 8.33. The predicted molar refractivity (Wildman–Crippen MR) is 105 cm³/mol. The van der Waals surface area contributed by atoms with Gasteiger partial charge >= 0.3 is 0 Å². The highest BCUT2D eigenvalue weighted by atomic mass is 35.5. The van der Waals surface area contributed by atoms with Crippen LogP contribution in [0.2, 0.25) is 5.02 Å². The van der Waals surface area contributed by atoms with Gasteiger partial charge in [-0.2, -0.15) is 0 Å². The van der Waals surface area contributed by atoms with Crippen molar-refractivity contribution in [2.24, 2.45) is 0 Å². The molecule has 0 bridgehead atoms. The molecule has 3 aromatic rings. The molecule has 6 nitrogen and oxygen atoms in total. The zero-order valence-corrected chi connectivity index (χ0v) is 15.2. The van der Waals surface area contributed by atoms with Crippen LogP contribution in [-0.2, 0) is 0 Å². The molecule has 0 aliphatic rings. The summed E-state index contributed by atoms with van der Waals surface area (Å²) in [6, 6.07) is 16.5. The molecule has 1 aromatic heterocycles. The molecular formula is C19H18ClN5O. The first kappa shape index (κ1) is 17.7. The van der Waals surface area contributed by atoms with Gasteiger partial charge in [-0.1, -0.05) is 23.7 Å². The van der Waals surface area contributed by atoms with Crippen LogP contribution in [0, 0.1) is 0 Å². The van der Waals surface area contributed by atoms with Crippen LogP contribution < -0.4 is 15.5 Å². The largest absolute Gasteiger partial charge is 0.378 e. The average molecular weight is 368 g/mol. The van der Waals surface area contributed by atoms with Gasteiger partial charge in [-0.05, 0) is 36.4 Å². The zero-order valence-electron chi connectivity index (χ0n) is 14.4. The van der Waals surface area contributed by atoms with E-state index < -0.39 is 0 Å². The van der Waals surface area contributed by atoms with Crippen molar-refractivity contribution in [1.29, 1.82) is 0 Å². The number of amides is 1. The molecule has 132 valence electrons. The lowest BCUT2D eigenvalue weighted by atomic mass is 10.2. The number of carbonyl (C=O) groups is 1. The maximum atomic E-state index is 12.4. The minimum absolute atomic E-state index is 0.243. The number of anilines is 4. The minimum Gasteiger partial charge on any atom is -0.378 e. The fourth-order valence-corrected chi connectivity index (χ4v) is 2.47. The summed E-state index contributed by atoms with van der Waals surface area (Å²) in [5.74, 6) is 0.174. The van der Waals surface area contributed by atoms with Gasteiger partial charge in [0.1, 0.15) is 17.8 Å². The molecule has 0 radical (unpaired) electrons. The van der Waals surface area contributed by atoms with Crippen LogP contribution in [-0.4, -0.2) is 30.0 Å². The van der Waals surface area contributed by atoms with Gasteiger partial charge in [0.05, 0.1) is 10.7 Å². The van der Waals surface area contributed by atoms with Gasteiger partial charge in [0, 0.05) is 31.5 Å². The Hall–Kier alpha value is -3.12. The molecule has 1 heterocycles. The molecule has 0 aliphatic heterocycles. The van der Waals surface area contributed by atoms with Crippen LogP contribution in [0.3, 0.4) is 0 Å². The van der Waals surface area contributed by atoms with E-state index in [4.69, 9.17) is 11.6 Å². The van der Waals surface area contributed by atoms with Crippen molar-refractivity contribution in [3.05, 3.63) is 71.6 Å². The van der Waals surface area contributed by atoms with Crippen LogP contribution in [0.5, 0.6) is 0 Å². The maximum absolute atomic E-state index is 12.4. The predicted octanol–water partition coefficient (Wildman–Crippen LogP) is 4.19. The number of hydrogen-bond donors (Lipinski definition) is 2. The molecule has 0 unspecified atom stereocenters. The van der Waals surface area contributed by atoms with Gasteiger partial charge in [0.25, 0.3) is 5.91 Å². The Kier molecular flexibility index (Phi) is 5.34. The van der Waals surface area contributed by atoms with Crippen molar-refractivity contribution in [3.63, 3.8) is 0 Å². The number of aromatic nitrogens is 2. The normalized spacial score (nSPS) is 10.3. The number of rotatable bonds is 5. The smallest absolute Gasteiger partial charge is 0.274 e. The van der Waals surface area contributed by atoms with Crippen molar-refractivity contribution < 1.29 is 4.79 Å². The first-order valence-electron chi connectivity index (χ1n) is 7.95. The second-order valence-electron chi connectivity index (χ2n) is 5.79. The second-order valence-corrected chi connectivity index (χ2v) is 6.20. The molecule has 0 saturated heterocycles. The van der Waals surface area contributed by atoms with E-state index in [9.17, 15) is 4.79 Å². The van der Waals surface area contributed by atoms with Gasteiger partial charge in [0.2, 0.25) is 0 Å². The Balaban J connectivity index is 1.73. The first-order chi connectivity index (χ1) is 12.5. The molecule has 0 atom stereocenters. The highest BCUT2D eigenvalue weighted by molar-refractivity contribution is 6.33. The van der Waals surface area contributed by atoms with E-state index in [1.807, 2.05) is 43.3 Å². The van der Waals surface area contributed by atoms with Gasteiger partial charge in [-0.3, -0.25) is 4.79 Å². The fourth-order valence-electron chi connectivity index (χ4n) is 2.29. The van der Waals surface area contributed by atoms with Crippen molar-refractivity contribution in [3.8, 4) is 0 Å². The Morgan fingerprint density at radius 1 is 1.04 bits per heavy atom. The lowest BCUT2D eigenvalue weighted by Crippen LogP contribution is -2.14. The Morgan fingerprint density at radius 2 is 1.77 bits per heavy atom. The highest BCUT2D eigenvalue weighted by Gasteiger charge is 2.11. The quantitative estimate of drug-likeness (QED) is 0.707. The standard InChI is InChI=1S/C19H18ClN5O/c1-25(2)14-9-7-13(8-10-14)23-18-11-17(21-12-22-18)19(26)24-16-6-4-3-5-15(16)20/h3-12H,1-2H3,(H,24,26)(H,21,22,23).